The summed E-state index contributed by atoms with van der Waals surface area (Å²) in [5, 5.41) is 4.09. The van der Waals surface area contributed by atoms with Crippen molar-refractivity contribution in [3.8, 4) is 17.1 Å². The van der Waals surface area contributed by atoms with E-state index < -0.39 is 11.7 Å². The van der Waals surface area contributed by atoms with Crippen LogP contribution in [-0.2, 0) is 11.9 Å². The first-order chi connectivity index (χ1) is 16.7. The zero-order chi connectivity index (χ0) is 24.7. The molecule has 178 valence electrons. The molecule has 3 aromatic heterocycles. The van der Waals surface area contributed by atoms with Gasteiger partial charge in [-0.15, -0.1) is 0 Å². The van der Waals surface area contributed by atoms with Crippen molar-refractivity contribution in [2.75, 3.05) is 0 Å². The molecule has 5 rings (SSSR count). The smallest absolute Gasteiger partial charge is 0.338 e. The van der Waals surface area contributed by atoms with Gasteiger partial charge in [0, 0.05) is 11.3 Å². The monoisotopic (exact) mass is 533 g/mol. The molecule has 5 aromatic rings. The minimum absolute atomic E-state index is 0.0365. The van der Waals surface area contributed by atoms with Crippen molar-refractivity contribution in [2.45, 2.75) is 24.0 Å². The van der Waals surface area contributed by atoms with Crippen molar-refractivity contribution in [3.63, 3.8) is 0 Å². The van der Waals surface area contributed by atoms with Crippen LogP contribution in [0.5, 0.6) is 0 Å². The Bertz CT molecular complexity index is 1650. The number of benzene rings is 2. The molecule has 0 aliphatic heterocycles. The SMILES string of the molecule is Cc1ccc(-n2c(=S)sc3c(=O)[nH]c(SCc4nc(-c5cccc(C(F)(F)F)c5)no4)nc32)cc1. The molecule has 1 N–H and O–H groups in total. The quantitative estimate of drug-likeness (QED) is 0.164. The maximum absolute atomic E-state index is 13.0. The number of halogens is 3. The van der Waals surface area contributed by atoms with Gasteiger partial charge >= 0.3 is 6.18 Å². The van der Waals surface area contributed by atoms with Crippen molar-refractivity contribution in [3.05, 3.63) is 79.9 Å². The maximum atomic E-state index is 13.0. The van der Waals surface area contributed by atoms with Crippen molar-refractivity contribution in [1.82, 2.24) is 24.7 Å². The van der Waals surface area contributed by atoms with Gasteiger partial charge in [0.25, 0.3) is 5.56 Å². The second-order valence-corrected chi connectivity index (χ2v) is 10.0. The predicted molar refractivity (Wildman–Crippen MR) is 129 cm³/mol. The van der Waals surface area contributed by atoms with Crippen molar-refractivity contribution >= 4 is 45.7 Å². The van der Waals surface area contributed by atoms with Crippen molar-refractivity contribution in [1.29, 1.82) is 0 Å². The predicted octanol–water partition coefficient (Wildman–Crippen LogP) is 6.17. The molecule has 2 aromatic carbocycles. The van der Waals surface area contributed by atoms with Gasteiger partial charge in [-0.05, 0) is 43.4 Å². The van der Waals surface area contributed by atoms with E-state index in [9.17, 15) is 18.0 Å². The molecule has 0 bridgehead atoms. The van der Waals surface area contributed by atoms with Crippen LogP contribution in [0.25, 0.3) is 27.4 Å². The maximum Gasteiger partial charge on any atom is 0.416 e. The highest BCUT2D eigenvalue weighted by atomic mass is 32.2. The molecule has 0 fully saturated rings. The van der Waals surface area contributed by atoms with E-state index in [0.29, 0.717) is 19.5 Å². The first kappa shape index (κ1) is 23.5. The molecule has 0 aliphatic rings. The highest BCUT2D eigenvalue weighted by Gasteiger charge is 2.30. The number of rotatable bonds is 5. The summed E-state index contributed by atoms with van der Waals surface area (Å²) in [5.74, 6) is 0.357. The van der Waals surface area contributed by atoms with E-state index in [0.717, 1.165) is 35.1 Å². The molecule has 0 spiro atoms. The molecular formula is C22H14F3N5O2S3. The Morgan fingerprint density at radius 3 is 2.69 bits per heavy atom. The lowest BCUT2D eigenvalue weighted by Gasteiger charge is -2.06. The highest BCUT2D eigenvalue weighted by molar-refractivity contribution is 7.98. The van der Waals surface area contributed by atoms with E-state index >= 15 is 0 Å². The Morgan fingerprint density at radius 1 is 1.17 bits per heavy atom. The number of H-pyrrole nitrogens is 1. The van der Waals surface area contributed by atoms with Gasteiger partial charge in [0.1, 0.15) is 4.70 Å². The Morgan fingerprint density at radius 2 is 1.94 bits per heavy atom. The molecule has 0 atom stereocenters. The number of aromatic nitrogens is 5. The Kier molecular flexibility index (Phi) is 6.07. The second kappa shape index (κ2) is 9.06. The van der Waals surface area contributed by atoms with Crippen LogP contribution in [0.1, 0.15) is 17.0 Å². The van der Waals surface area contributed by atoms with Crippen molar-refractivity contribution in [2.24, 2.45) is 0 Å². The second-order valence-electron chi connectivity index (χ2n) is 7.44. The van der Waals surface area contributed by atoms with Crippen LogP contribution in [-0.4, -0.2) is 24.7 Å². The molecule has 0 radical (unpaired) electrons. The van der Waals surface area contributed by atoms with Gasteiger partial charge in [-0.1, -0.05) is 58.1 Å². The zero-order valence-corrected chi connectivity index (χ0v) is 20.2. The third-order valence-electron chi connectivity index (χ3n) is 4.96. The Labute approximate surface area is 208 Å². The first-order valence-electron chi connectivity index (χ1n) is 10.0. The fourth-order valence-corrected chi connectivity index (χ4v) is 5.24. The molecule has 0 unspecified atom stereocenters. The molecule has 7 nitrogen and oxygen atoms in total. The van der Waals surface area contributed by atoms with Gasteiger partial charge in [-0.25, -0.2) is 4.98 Å². The summed E-state index contributed by atoms with van der Waals surface area (Å²) in [4.78, 5) is 24.1. The summed E-state index contributed by atoms with van der Waals surface area (Å²) in [6, 6.07) is 12.4. The largest absolute Gasteiger partial charge is 0.416 e. The topological polar surface area (TPSA) is 89.6 Å². The number of nitrogens with zero attached hydrogens (tertiary/aromatic N) is 4. The number of nitrogens with one attached hydrogen (secondary N) is 1. The summed E-state index contributed by atoms with van der Waals surface area (Å²) in [6.07, 6.45) is -4.48. The van der Waals surface area contributed by atoms with Crippen LogP contribution in [0.3, 0.4) is 0 Å². The highest BCUT2D eigenvalue weighted by Crippen LogP contribution is 2.32. The Hall–Kier alpha value is -3.29. The van der Waals surface area contributed by atoms with Crippen LogP contribution in [0.15, 0.2) is 63.0 Å². The number of alkyl halides is 3. The van der Waals surface area contributed by atoms with E-state index in [4.69, 9.17) is 16.7 Å². The fraction of sp³-hybridized carbons (Fsp3) is 0.136. The van der Waals surface area contributed by atoms with Crippen LogP contribution >= 0.6 is 35.3 Å². The van der Waals surface area contributed by atoms with Crippen LogP contribution < -0.4 is 5.56 Å². The van der Waals surface area contributed by atoms with E-state index in [-0.39, 0.29) is 28.6 Å². The molecule has 35 heavy (non-hydrogen) atoms. The number of thioether (sulfide) groups is 1. The number of hydrogen-bond acceptors (Lipinski definition) is 8. The van der Waals surface area contributed by atoms with Crippen LogP contribution in [0.4, 0.5) is 13.2 Å². The average Bonchev–Trinajstić information content (AvgIpc) is 3.42. The average molecular weight is 534 g/mol. The molecule has 0 saturated heterocycles. The van der Waals surface area contributed by atoms with E-state index in [1.54, 1.807) is 4.57 Å². The lowest BCUT2D eigenvalue weighted by Crippen LogP contribution is -2.09. The molecule has 0 aliphatic carbocycles. The Balaban J connectivity index is 1.41. The summed E-state index contributed by atoms with van der Waals surface area (Å²) >= 11 is 7.79. The number of fused-ring (bicyclic) bond motifs is 1. The van der Waals surface area contributed by atoms with Gasteiger partial charge in [0.05, 0.1) is 11.3 Å². The molecule has 0 saturated carbocycles. The molecule has 0 amide bonds. The number of aryl methyl sites for hydroxylation is 1. The third kappa shape index (κ3) is 4.79. The van der Waals surface area contributed by atoms with Gasteiger partial charge in [0.15, 0.2) is 14.8 Å². The summed E-state index contributed by atoms with van der Waals surface area (Å²) in [7, 11) is 0. The fourth-order valence-electron chi connectivity index (χ4n) is 3.28. The minimum Gasteiger partial charge on any atom is -0.338 e. The van der Waals surface area contributed by atoms with Crippen molar-refractivity contribution < 1.29 is 17.7 Å². The standard InChI is InChI=1S/C22H14F3N5O2S3/c1-11-5-7-14(8-6-11)30-18-16(35-21(30)33)19(31)28-20(27-18)34-10-15-26-17(29-32-15)12-3-2-4-13(9-12)22(23,24)25/h2-9H,10H2,1H3,(H,27,28,31). The number of hydrogen-bond donors (Lipinski definition) is 1. The summed E-state index contributed by atoms with van der Waals surface area (Å²) in [5.41, 5.74) is 1.38. The van der Waals surface area contributed by atoms with E-state index in [1.807, 2.05) is 31.2 Å². The molecular weight excluding hydrogens is 519 g/mol. The summed E-state index contributed by atoms with van der Waals surface area (Å²) < 4.78 is 46.8. The third-order valence-corrected chi connectivity index (χ3v) is 7.18. The number of thiazole rings is 1. The zero-order valence-electron chi connectivity index (χ0n) is 17.8. The van der Waals surface area contributed by atoms with Gasteiger partial charge in [-0.2, -0.15) is 18.2 Å². The van der Waals surface area contributed by atoms with E-state index in [2.05, 4.69) is 20.1 Å². The summed E-state index contributed by atoms with van der Waals surface area (Å²) in [6.45, 7) is 1.97. The number of aromatic amines is 1. The first-order valence-corrected chi connectivity index (χ1v) is 12.3. The van der Waals surface area contributed by atoms with E-state index in [1.165, 1.54) is 23.5 Å². The normalized spacial score (nSPS) is 11.9. The van der Waals surface area contributed by atoms with Gasteiger partial charge in [0.2, 0.25) is 11.7 Å². The van der Waals surface area contributed by atoms with Crippen LogP contribution in [0, 0.1) is 10.9 Å². The lowest BCUT2D eigenvalue weighted by atomic mass is 10.1. The minimum atomic E-state index is -4.48. The van der Waals surface area contributed by atoms with Gasteiger partial charge < -0.3 is 9.51 Å². The molecule has 3 heterocycles. The lowest BCUT2D eigenvalue weighted by molar-refractivity contribution is -0.137. The van der Waals surface area contributed by atoms with Crippen LogP contribution in [0.2, 0.25) is 0 Å². The molecule has 13 heteroatoms. The van der Waals surface area contributed by atoms with Gasteiger partial charge in [-0.3, -0.25) is 9.36 Å².